The Kier molecular flexibility index (Phi) is 3.37. The Bertz CT molecular complexity index is 727. The van der Waals surface area contributed by atoms with Crippen molar-refractivity contribution in [2.24, 2.45) is 0 Å². The average molecular weight is 305 g/mol. The molecule has 0 aliphatic carbocycles. The lowest BCUT2D eigenvalue weighted by molar-refractivity contribution is 0.140. The van der Waals surface area contributed by atoms with Crippen LogP contribution in [0.1, 0.15) is 13.8 Å². The van der Waals surface area contributed by atoms with Crippen LogP contribution >= 0.6 is 0 Å². The fourth-order valence-corrected chi connectivity index (χ4v) is 2.34. The molecule has 1 aliphatic heterocycles. The van der Waals surface area contributed by atoms with Crippen LogP contribution in [0.3, 0.4) is 0 Å². The van der Waals surface area contributed by atoms with Gasteiger partial charge in [0, 0.05) is 11.8 Å². The van der Waals surface area contributed by atoms with Gasteiger partial charge < -0.3 is 9.84 Å². The summed E-state index contributed by atoms with van der Waals surface area (Å²) < 4.78 is 20.1. The number of hydrogen-bond acceptors (Lipinski definition) is 4. The first kappa shape index (κ1) is 14.5. The Labute approximate surface area is 126 Å². The summed E-state index contributed by atoms with van der Waals surface area (Å²) in [7, 11) is 0. The number of nitrogens with zero attached hydrogens (tertiary/aromatic N) is 3. The maximum Gasteiger partial charge on any atom is 0.331 e. The molecule has 0 radical (unpaired) electrons. The Morgan fingerprint density at radius 2 is 2.23 bits per heavy atom. The number of phenols is 1. The zero-order valence-electron chi connectivity index (χ0n) is 12.3. The number of imidazole rings is 1. The SMILES string of the molecule is CC1(C)COCN1C(=O)n1cnc(-c2ccc(O)c(F)c2)c1. The number of aromatic nitrogens is 2. The van der Waals surface area contributed by atoms with E-state index in [4.69, 9.17) is 4.74 Å². The van der Waals surface area contributed by atoms with Crippen LogP contribution in [0.15, 0.2) is 30.7 Å². The van der Waals surface area contributed by atoms with Crippen molar-refractivity contribution >= 4 is 6.03 Å². The van der Waals surface area contributed by atoms with E-state index in [0.29, 0.717) is 17.9 Å². The summed E-state index contributed by atoms with van der Waals surface area (Å²) >= 11 is 0. The zero-order chi connectivity index (χ0) is 15.9. The third-order valence-electron chi connectivity index (χ3n) is 3.68. The van der Waals surface area contributed by atoms with Gasteiger partial charge in [0.05, 0.1) is 17.8 Å². The first-order valence-electron chi connectivity index (χ1n) is 6.81. The van der Waals surface area contributed by atoms with Crippen molar-refractivity contribution in [2.45, 2.75) is 19.4 Å². The molecule has 1 aromatic heterocycles. The van der Waals surface area contributed by atoms with Crippen LogP contribution in [0, 0.1) is 5.82 Å². The summed E-state index contributed by atoms with van der Waals surface area (Å²) in [5.74, 6) is -1.15. The van der Waals surface area contributed by atoms with Crippen molar-refractivity contribution in [1.82, 2.24) is 14.5 Å². The van der Waals surface area contributed by atoms with Crippen LogP contribution in [0.5, 0.6) is 5.75 Å². The van der Waals surface area contributed by atoms with Gasteiger partial charge in [-0.05, 0) is 32.0 Å². The minimum atomic E-state index is -0.729. The molecule has 6 nitrogen and oxygen atoms in total. The third kappa shape index (κ3) is 2.43. The largest absolute Gasteiger partial charge is 0.505 e. The van der Waals surface area contributed by atoms with Crippen molar-refractivity contribution in [3.05, 3.63) is 36.5 Å². The molecule has 1 saturated heterocycles. The molecule has 1 aromatic carbocycles. The molecule has 2 heterocycles. The number of carbonyl (C=O) groups is 1. The lowest BCUT2D eigenvalue weighted by atomic mass is 10.1. The van der Waals surface area contributed by atoms with Crippen LogP contribution in [-0.4, -0.2) is 44.5 Å². The van der Waals surface area contributed by atoms with Gasteiger partial charge >= 0.3 is 6.03 Å². The minimum Gasteiger partial charge on any atom is -0.505 e. The molecule has 22 heavy (non-hydrogen) atoms. The highest BCUT2D eigenvalue weighted by atomic mass is 19.1. The monoisotopic (exact) mass is 305 g/mol. The molecule has 0 bridgehead atoms. The number of phenolic OH excluding ortho intramolecular Hbond substituents is 1. The quantitative estimate of drug-likeness (QED) is 0.878. The smallest absolute Gasteiger partial charge is 0.331 e. The lowest BCUT2D eigenvalue weighted by Crippen LogP contribution is -2.45. The van der Waals surface area contributed by atoms with Gasteiger partial charge in [-0.3, -0.25) is 9.47 Å². The lowest BCUT2D eigenvalue weighted by Gasteiger charge is -2.28. The number of hydrogen-bond donors (Lipinski definition) is 1. The second-order valence-electron chi connectivity index (χ2n) is 5.83. The van der Waals surface area contributed by atoms with E-state index in [1.807, 2.05) is 13.8 Å². The standard InChI is InChI=1S/C15H16FN3O3/c1-15(2)7-22-9-19(15)14(21)18-6-12(17-8-18)10-3-4-13(20)11(16)5-10/h3-6,8,20H,7,9H2,1-2H3. The third-order valence-corrected chi connectivity index (χ3v) is 3.68. The molecule has 0 unspecified atom stereocenters. The van der Waals surface area contributed by atoms with Gasteiger partial charge in [0.25, 0.3) is 0 Å². The normalized spacial score (nSPS) is 17.0. The van der Waals surface area contributed by atoms with Gasteiger partial charge in [-0.1, -0.05) is 0 Å². The summed E-state index contributed by atoms with van der Waals surface area (Å²) in [4.78, 5) is 18.2. The summed E-state index contributed by atoms with van der Waals surface area (Å²) in [5.41, 5.74) is 0.551. The van der Waals surface area contributed by atoms with Gasteiger partial charge in [0.1, 0.15) is 13.1 Å². The highest BCUT2D eigenvalue weighted by Gasteiger charge is 2.37. The summed E-state index contributed by atoms with van der Waals surface area (Å²) in [6.07, 6.45) is 2.92. The predicted octanol–water partition coefficient (Wildman–Crippen LogP) is 2.43. The van der Waals surface area contributed by atoms with Crippen molar-refractivity contribution in [3.8, 4) is 17.0 Å². The van der Waals surface area contributed by atoms with Gasteiger partial charge in [-0.15, -0.1) is 0 Å². The number of rotatable bonds is 1. The first-order chi connectivity index (χ1) is 10.4. The predicted molar refractivity (Wildman–Crippen MR) is 76.8 cm³/mol. The minimum absolute atomic E-state index is 0.229. The molecule has 1 N–H and O–H groups in total. The van der Waals surface area contributed by atoms with E-state index >= 15 is 0 Å². The molecular weight excluding hydrogens is 289 g/mol. The molecule has 7 heteroatoms. The summed E-state index contributed by atoms with van der Waals surface area (Å²) in [6, 6.07) is 3.72. The van der Waals surface area contributed by atoms with Gasteiger partial charge in [-0.25, -0.2) is 14.2 Å². The number of aromatic hydroxyl groups is 1. The molecule has 1 fully saturated rings. The van der Waals surface area contributed by atoms with E-state index in [0.717, 1.165) is 0 Å². The fourth-order valence-electron chi connectivity index (χ4n) is 2.34. The van der Waals surface area contributed by atoms with Crippen LogP contribution in [0.4, 0.5) is 9.18 Å². The van der Waals surface area contributed by atoms with E-state index in [-0.39, 0.29) is 18.3 Å². The summed E-state index contributed by atoms with van der Waals surface area (Å²) in [5, 5.41) is 9.21. The molecule has 3 rings (SSSR count). The van der Waals surface area contributed by atoms with Gasteiger partial charge in [-0.2, -0.15) is 0 Å². The molecule has 116 valence electrons. The highest BCUT2D eigenvalue weighted by Crippen LogP contribution is 2.25. The van der Waals surface area contributed by atoms with Crippen molar-refractivity contribution < 1.29 is 19.0 Å². The number of carbonyl (C=O) groups excluding carboxylic acids is 1. The maximum atomic E-state index is 13.4. The molecular formula is C15H16FN3O3. The van der Waals surface area contributed by atoms with Crippen LogP contribution in [-0.2, 0) is 4.74 Å². The number of benzene rings is 1. The Morgan fingerprint density at radius 1 is 1.45 bits per heavy atom. The van der Waals surface area contributed by atoms with Crippen molar-refractivity contribution in [2.75, 3.05) is 13.3 Å². The second kappa shape index (κ2) is 5.10. The number of ether oxygens (including phenoxy) is 1. The molecule has 0 saturated carbocycles. The average Bonchev–Trinajstić information content (AvgIpc) is 3.07. The topological polar surface area (TPSA) is 67.6 Å². The molecule has 0 atom stereocenters. The first-order valence-corrected chi connectivity index (χ1v) is 6.81. The van der Waals surface area contributed by atoms with E-state index in [1.165, 1.54) is 29.2 Å². The Hall–Kier alpha value is -2.41. The number of halogens is 1. The summed E-state index contributed by atoms with van der Waals surface area (Å²) in [6.45, 7) is 4.55. The zero-order valence-corrected chi connectivity index (χ0v) is 12.3. The Balaban J connectivity index is 1.87. The Morgan fingerprint density at radius 3 is 2.86 bits per heavy atom. The van der Waals surface area contributed by atoms with Crippen LogP contribution in [0.25, 0.3) is 11.3 Å². The van der Waals surface area contributed by atoms with Crippen molar-refractivity contribution in [3.63, 3.8) is 0 Å². The highest BCUT2D eigenvalue weighted by molar-refractivity contribution is 5.79. The maximum absolute atomic E-state index is 13.4. The van der Waals surface area contributed by atoms with Gasteiger partial charge in [0.2, 0.25) is 0 Å². The van der Waals surface area contributed by atoms with E-state index in [1.54, 1.807) is 11.0 Å². The molecule has 1 amide bonds. The van der Waals surface area contributed by atoms with E-state index in [9.17, 15) is 14.3 Å². The number of amides is 1. The van der Waals surface area contributed by atoms with Crippen LogP contribution in [0.2, 0.25) is 0 Å². The fraction of sp³-hybridized carbons (Fsp3) is 0.333. The van der Waals surface area contributed by atoms with E-state index in [2.05, 4.69) is 4.98 Å². The second-order valence-corrected chi connectivity index (χ2v) is 5.83. The van der Waals surface area contributed by atoms with Gasteiger partial charge in [0.15, 0.2) is 11.6 Å². The molecule has 2 aromatic rings. The van der Waals surface area contributed by atoms with E-state index < -0.39 is 11.6 Å². The molecule has 1 aliphatic rings. The molecule has 0 spiro atoms. The van der Waals surface area contributed by atoms with Crippen molar-refractivity contribution in [1.29, 1.82) is 0 Å². The van der Waals surface area contributed by atoms with Crippen LogP contribution < -0.4 is 0 Å².